The van der Waals surface area contributed by atoms with Gasteiger partial charge in [-0.15, -0.1) is 0 Å². The lowest BCUT2D eigenvalue weighted by Crippen LogP contribution is -2.49. The average molecular weight is 260 g/mol. The van der Waals surface area contributed by atoms with Crippen LogP contribution in [-0.4, -0.2) is 52.9 Å². The number of nitrogens with zero attached hydrogens (tertiary/aromatic N) is 1. The molecule has 2 amide bonds. The molecule has 0 unspecified atom stereocenters. The molecule has 0 saturated heterocycles. The lowest BCUT2D eigenvalue weighted by molar-refractivity contribution is -0.139. The first-order valence-electron chi connectivity index (χ1n) is 6.31. The van der Waals surface area contributed by atoms with Gasteiger partial charge in [0.1, 0.15) is 6.04 Å². The zero-order valence-electron chi connectivity index (χ0n) is 11.3. The molecule has 0 bridgehead atoms. The maximum absolute atomic E-state index is 11.9. The van der Waals surface area contributed by atoms with Gasteiger partial charge >= 0.3 is 12.0 Å². The molecule has 0 aliphatic heterocycles. The number of amides is 2. The second-order valence-electron chi connectivity index (χ2n) is 4.68. The van der Waals surface area contributed by atoms with Gasteiger partial charge in [-0.3, -0.25) is 0 Å². The molecule has 0 aliphatic carbocycles. The number of carboxylic acid groups (broad SMARTS) is 1. The fourth-order valence-electron chi connectivity index (χ4n) is 1.64. The van der Waals surface area contributed by atoms with Gasteiger partial charge in [-0.05, 0) is 18.8 Å². The van der Waals surface area contributed by atoms with E-state index in [9.17, 15) is 9.59 Å². The summed E-state index contributed by atoms with van der Waals surface area (Å²) in [7, 11) is 0. The number of rotatable bonds is 8. The Bertz CT molecular complexity index is 263. The van der Waals surface area contributed by atoms with Crippen LogP contribution < -0.4 is 5.32 Å². The van der Waals surface area contributed by atoms with Crippen molar-refractivity contribution in [2.45, 2.75) is 39.7 Å². The SMILES string of the molecule is CCCN(CCO)C(=O)N[C@@H](CC(C)C)C(=O)O. The average Bonchev–Trinajstić information content (AvgIpc) is 2.27. The van der Waals surface area contributed by atoms with Gasteiger partial charge in [0, 0.05) is 13.1 Å². The molecule has 106 valence electrons. The number of hydrogen-bond donors (Lipinski definition) is 3. The van der Waals surface area contributed by atoms with Crippen molar-refractivity contribution in [3.05, 3.63) is 0 Å². The van der Waals surface area contributed by atoms with E-state index in [-0.39, 0.29) is 19.1 Å². The molecule has 0 aliphatic rings. The minimum atomic E-state index is -1.03. The normalized spacial score (nSPS) is 12.3. The third kappa shape index (κ3) is 6.44. The number of carboxylic acids is 1. The lowest BCUT2D eigenvalue weighted by Gasteiger charge is -2.24. The largest absolute Gasteiger partial charge is 0.480 e. The molecular formula is C12H24N2O4. The summed E-state index contributed by atoms with van der Waals surface area (Å²) in [5.74, 6) is -0.846. The smallest absolute Gasteiger partial charge is 0.326 e. The summed E-state index contributed by atoms with van der Waals surface area (Å²) in [6, 6.07) is -1.31. The van der Waals surface area contributed by atoms with Gasteiger partial charge in [-0.1, -0.05) is 20.8 Å². The summed E-state index contributed by atoms with van der Waals surface area (Å²) < 4.78 is 0. The van der Waals surface area contributed by atoms with Crippen molar-refractivity contribution in [3.63, 3.8) is 0 Å². The number of hydrogen-bond acceptors (Lipinski definition) is 3. The van der Waals surface area contributed by atoms with Crippen LogP contribution in [0.25, 0.3) is 0 Å². The standard InChI is InChI=1S/C12H24N2O4/c1-4-5-14(6-7-15)12(18)13-10(11(16)17)8-9(2)3/h9-10,15H,4-8H2,1-3H3,(H,13,18)(H,16,17)/t10-/m0/s1. The molecule has 0 spiro atoms. The van der Waals surface area contributed by atoms with Crippen LogP contribution in [-0.2, 0) is 4.79 Å². The summed E-state index contributed by atoms with van der Waals surface area (Å²) in [5, 5.41) is 20.4. The molecule has 0 radical (unpaired) electrons. The van der Waals surface area contributed by atoms with Gasteiger partial charge in [-0.2, -0.15) is 0 Å². The number of carbonyl (C=O) groups excluding carboxylic acids is 1. The van der Waals surface area contributed by atoms with E-state index in [1.807, 2.05) is 20.8 Å². The summed E-state index contributed by atoms with van der Waals surface area (Å²) in [6.07, 6.45) is 1.15. The molecule has 0 aromatic heterocycles. The third-order valence-corrected chi connectivity index (χ3v) is 2.45. The lowest BCUT2D eigenvalue weighted by atomic mass is 10.0. The zero-order valence-corrected chi connectivity index (χ0v) is 11.3. The molecule has 6 heteroatoms. The van der Waals surface area contributed by atoms with Crippen LogP contribution in [0.4, 0.5) is 4.79 Å². The molecule has 3 N–H and O–H groups in total. The first-order chi connectivity index (χ1) is 8.42. The van der Waals surface area contributed by atoms with Gasteiger partial charge in [-0.25, -0.2) is 9.59 Å². The molecule has 0 aromatic carbocycles. The number of urea groups is 1. The Morgan fingerprint density at radius 1 is 1.28 bits per heavy atom. The fraction of sp³-hybridized carbons (Fsp3) is 0.833. The number of aliphatic carboxylic acids is 1. The van der Waals surface area contributed by atoms with Crippen molar-refractivity contribution in [1.82, 2.24) is 10.2 Å². The van der Waals surface area contributed by atoms with Gasteiger partial charge < -0.3 is 20.4 Å². The van der Waals surface area contributed by atoms with Crippen molar-refractivity contribution in [2.75, 3.05) is 19.7 Å². The summed E-state index contributed by atoms with van der Waals surface area (Å²) in [4.78, 5) is 24.3. The molecule has 1 atom stereocenters. The second kappa shape index (κ2) is 8.74. The zero-order chi connectivity index (χ0) is 14.1. The fourth-order valence-corrected chi connectivity index (χ4v) is 1.64. The maximum atomic E-state index is 11.9. The molecule has 0 rings (SSSR count). The van der Waals surface area contributed by atoms with E-state index in [2.05, 4.69) is 5.32 Å². The first-order valence-corrected chi connectivity index (χ1v) is 6.31. The Morgan fingerprint density at radius 3 is 2.28 bits per heavy atom. The number of aliphatic hydroxyl groups is 1. The van der Waals surface area contributed by atoms with Crippen molar-refractivity contribution in [2.24, 2.45) is 5.92 Å². The predicted octanol–water partition coefficient (Wildman–Crippen LogP) is 0.900. The van der Waals surface area contributed by atoms with Gasteiger partial charge in [0.05, 0.1) is 6.61 Å². The Hall–Kier alpha value is -1.30. The van der Waals surface area contributed by atoms with Crippen LogP contribution in [0.2, 0.25) is 0 Å². The molecule has 0 heterocycles. The van der Waals surface area contributed by atoms with Crippen LogP contribution in [0.3, 0.4) is 0 Å². The van der Waals surface area contributed by atoms with Gasteiger partial charge in [0.15, 0.2) is 0 Å². The van der Waals surface area contributed by atoms with E-state index in [0.717, 1.165) is 6.42 Å². The Morgan fingerprint density at radius 2 is 1.89 bits per heavy atom. The summed E-state index contributed by atoms with van der Waals surface area (Å²) in [5.41, 5.74) is 0. The Kier molecular flexibility index (Phi) is 8.11. The highest BCUT2D eigenvalue weighted by Crippen LogP contribution is 2.06. The molecule has 0 saturated carbocycles. The molecule has 0 aromatic rings. The number of nitrogens with one attached hydrogen (secondary N) is 1. The second-order valence-corrected chi connectivity index (χ2v) is 4.68. The Balaban J connectivity index is 4.49. The van der Waals surface area contributed by atoms with E-state index < -0.39 is 18.0 Å². The van der Waals surface area contributed by atoms with E-state index in [1.165, 1.54) is 4.90 Å². The van der Waals surface area contributed by atoms with Crippen LogP contribution >= 0.6 is 0 Å². The molecular weight excluding hydrogens is 236 g/mol. The topological polar surface area (TPSA) is 89.9 Å². The highest BCUT2D eigenvalue weighted by molar-refractivity contribution is 5.82. The van der Waals surface area contributed by atoms with Crippen molar-refractivity contribution in [1.29, 1.82) is 0 Å². The number of aliphatic hydroxyl groups excluding tert-OH is 1. The van der Waals surface area contributed by atoms with Gasteiger partial charge in [0.2, 0.25) is 0 Å². The monoisotopic (exact) mass is 260 g/mol. The van der Waals surface area contributed by atoms with Crippen LogP contribution in [0.15, 0.2) is 0 Å². The van der Waals surface area contributed by atoms with Crippen LogP contribution in [0.1, 0.15) is 33.6 Å². The Labute approximate surface area is 108 Å². The van der Waals surface area contributed by atoms with E-state index in [0.29, 0.717) is 13.0 Å². The highest BCUT2D eigenvalue weighted by atomic mass is 16.4. The highest BCUT2D eigenvalue weighted by Gasteiger charge is 2.23. The molecule has 0 fully saturated rings. The van der Waals surface area contributed by atoms with Crippen LogP contribution in [0, 0.1) is 5.92 Å². The van der Waals surface area contributed by atoms with E-state index in [1.54, 1.807) is 0 Å². The van der Waals surface area contributed by atoms with Crippen LogP contribution in [0.5, 0.6) is 0 Å². The minimum absolute atomic E-state index is 0.130. The van der Waals surface area contributed by atoms with Crippen molar-refractivity contribution >= 4 is 12.0 Å². The molecule has 18 heavy (non-hydrogen) atoms. The van der Waals surface area contributed by atoms with E-state index >= 15 is 0 Å². The van der Waals surface area contributed by atoms with Crippen molar-refractivity contribution < 1.29 is 19.8 Å². The third-order valence-electron chi connectivity index (χ3n) is 2.45. The van der Waals surface area contributed by atoms with Gasteiger partial charge in [0.25, 0.3) is 0 Å². The van der Waals surface area contributed by atoms with Crippen molar-refractivity contribution in [3.8, 4) is 0 Å². The minimum Gasteiger partial charge on any atom is -0.480 e. The predicted molar refractivity (Wildman–Crippen MR) is 68.4 cm³/mol. The quantitative estimate of drug-likeness (QED) is 0.605. The first kappa shape index (κ1) is 16.7. The summed E-state index contributed by atoms with van der Waals surface area (Å²) in [6.45, 7) is 6.31. The summed E-state index contributed by atoms with van der Waals surface area (Å²) >= 11 is 0. The molecule has 6 nitrogen and oxygen atoms in total. The van der Waals surface area contributed by atoms with E-state index in [4.69, 9.17) is 10.2 Å². The maximum Gasteiger partial charge on any atom is 0.326 e. The number of carbonyl (C=O) groups is 2.